The van der Waals surface area contributed by atoms with E-state index in [0.29, 0.717) is 19.8 Å². The molecule has 1 amide bonds. The summed E-state index contributed by atoms with van der Waals surface area (Å²) in [5.74, 6) is -0.103. The first-order chi connectivity index (χ1) is 10.3. The Hall–Kier alpha value is -2.17. The number of carbonyl (C=O) groups is 1. The molecule has 0 unspecified atom stereocenters. The first-order valence-corrected chi connectivity index (χ1v) is 7.01. The Morgan fingerprint density at radius 2 is 1.76 bits per heavy atom. The second kappa shape index (κ2) is 4.98. The molecule has 2 heterocycles. The predicted molar refractivity (Wildman–Crippen MR) is 78.7 cm³/mol. The van der Waals surface area contributed by atoms with Crippen LogP contribution in [0.2, 0.25) is 0 Å². The van der Waals surface area contributed by atoms with Crippen LogP contribution in [0.4, 0.5) is 5.69 Å². The first-order valence-electron chi connectivity index (χ1n) is 7.01. The first kappa shape index (κ1) is 12.6. The van der Waals surface area contributed by atoms with Crippen molar-refractivity contribution >= 4 is 11.6 Å². The smallest absolute Gasteiger partial charge is 0.250 e. The van der Waals surface area contributed by atoms with E-state index in [1.807, 2.05) is 12.1 Å². The molecule has 0 fully saturated rings. The monoisotopic (exact) mass is 281 g/mol. The molecule has 0 saturated carbocycles. The van der Waals surface area contributed by atoms with Crippen molar-refractivity contribution in [2.24, 2.45) is 0 Å². The fourth-order valence-electron chi connectivity index (χ4n) is 2.90. The average Bonchev–Trinajstić information content (AvgIpc) is 2.87. The number of fused-ring (bicyclic) bond motifs is 2. The van der Waals surface area contributed by atoms with Gasteiger partial charge in [-0.25, -0.2) is 0 Å². The number of nitrogens with one attached hydrogen (secondary N) is 1. The van der Waals surface area contributed by atoms with E-state index in [1.165, 1.54) is 11.1 Å². The second-order valence-electron chi connectivity index (χ2n) is 5.35. The summed E-state index contributed by atoms with van der Waals surface area (Å²) in [5.41, 5.74) is 6.60. The highest BCUT2D eigenvalue weighted by Crippen LogP contribution is 2.33. The van der Waals surface area contributed by atoms with Gasteiger partial charge in [0.2, 0.25) is 5.91 Å². The number of hydrogen-bond acceptors (Lipinski definition) is 3. The molecule has 106 valence electrons. The molecule has 0 atom stereocenters. The highest BCUT2D eigenvalue weighted by Gasteiger charge is 2.18. The van der Waals surface area contributed by atoms with Crippen LogP contribution in [0.3, 0.4) is 0 Å². The van der Waals surface area contributed by atoms with Gasteiger partial charge in [0.25, 0.3) is 0 Å². The van der Waals surface area contributed by atoms with Crippen molar-refractivity contribution < 1.29 is 14.3 Å². The molecule has 4 nitrogen and oxygen atoms in total. The molecule has 0 radical (unpaired) electrons. The van der Waals surface area contributed by atoms with Crippen molar-refractivity contribution in [1.29, 1.82) is 0 Å². The molecule has 4 rings (SSSR count). The van der Waals surface area contributed by atoms with Gasteiger partial charge in [-0.1, -0.05) is 24.3 Å². The van der Waals surface area contributed by atoms with Crippen molar-refractivity contribution in [1.82, 2.24) is 0 Å². The number of rotatable bonds is 1. The predicted octanol–water partition coefficient (Wildman–Crippen LogP) is 2.85. The number of hydrogen-bond donors (Lipinski definition) is 1. The second-order valence-corrected chi connectivity index (χ2v) is 5.35. The van der Waals surface area contributed by atoms with Crippen molar-refractivity contribution in [3.8, 4) is 11.1 Å². The maximum atomic E-state index is 11.6. The van der Waals surface area contributed by atoms with Gasteiger partial charge in [0.05, 0.1) is 19.8 Å². The Morgan fingerprint density at radius 1 is 0.905 bits per heavy atom. The lowest BCUT2D eigenvalue weighted by atomic mass is 9.96. The Kier molecular flexibility index (Phi) is 2.98. The molecule has 0 aliphatic carbocycles. The van der Waals surface area contributed by atoms with Crippen molar-refractivity contribution in [2.45, 2.75) is 19.8 Å². The minimum Gasteiger partial charge on any atom is -0.372 e. The number of benzene rings is 2. The molecular weight excluding hydrogens is 266 g/mol. The third kappa shape index (κ3) is 2.22. The molecule has 2 aromatic rings. The largest absolute Gasteiger partial charge is 0.372 e. The maximum Gasteiger partial charge on any atom is 0.250 e. The van der Waals surface area contributed by atoms with Gasteiger partial charge in [0, 0.05) is 11.3 Å². The summed E-state index contributed by atoms with van der Waals surface area (Å²) < 4.78 is 10.9. The zero-order valence-electron chi connectivity index (χ0n) is 11.5. The summed E-state index contributed by atoms with van der Waals surface area (Å²) in [4.78, 5) is 11.6. The molecule has 0 aromatic heterocycles. The summed E-state index contributed by atoms with van der Waals surface area (Å²) in [6, 6.07) is 12.3. The normalized spacial score (nSPS) is 16.9. The third-order valence-corrected chi connectivity index (χ3v) is 3.96. The molecule has 2 aliphatic rings. The summed E-state index contributed by atoms with van der Waals surface area (Å²) in [5, 5.41) is 2.90. The Bertz CT molecular complexity index is 724. The molecule has 2 aliphatic heterocycles. The van der Waals surface area contributed by atoms with Gasteiger partial charge >= 0.3 is 0 Å². The van der Waals surface area contributed by atoms with Gasteiger partial charge in [-0.2, -0.15) is 0 Å². The summed E-state index contributed by atoms with van der Waals surface area (Å²) in [6.45, 7) is 1.91. The topological polar surface area (TPSA) is 47.6 Å². The summed E-state index contributed by atoms with van der Waals surface area (Å²) in [6.07, 6.45) is 0. The van der Waals surface area contributed by atoms with Crippen molar-refractivity contribution in [3.05, 3.63) is 53.1 Å². The van der Waals surface area contributed by atoms with Crippen LogP contribution in [0.1, 0.15) is 16.7 Å². The fourth-order valence-corrected chi connectivity index (χ4v) is 2.90. The Balaban J connectivity index is 1.82. The minimum atomic E-state index is -0.103. The van der Waals surface area contributed by atoms with E-state index < -0.39 is 0 Å². The summed E-state index contributed by atoms with van der Waals surface area (Å²) >= 11 is 0. The lowest BCUT2D eigenvalue weighted by molar-refractivity contribution is -0.120. The summed E-state index contributed by atoms with van der Waals surface area (Å²) in [7, 11) is 0. The maximum absolute atomic E-state index is 11.6. The van der Waals surface area contributed by atoms with Crippen LogP contribution in [-0.2, 0) is 34.1 Å². The van der Waals surface area contributed by atoms with Crippen molar-refractivity contribution in [3.63, 3.8) is 0 Å². The van der Waals surface area contributed by atoms with Gasteiger partial charge in [-0.15, -0.1) is 0 Å². The standard InChI is InChI=1S/C17H15NO3/c19-17-10-21-9-15-14(2-1-3-16(15)18-17)11-4-5-12-7-20-8-13(12)6-11/h1-6H,7-10H2,(H,18,19). The van der Waals surface area contributed by atoms with Crippen LogP contribution in [0.5, 0.6) is 0 Å². The van der Waals surface area contributed by atoms with Gasteiger partial charge in [-0.05, 0) is 34.4 Å². The average molecular weight is 281 g/mol. The highest BCUT2D eigenvalue weighted by atomic mass is 16.5. The lowest BCUT2D eigenvalue weighted by Crippen LogP contribution is -2.14. The molecule has 0 bridgehead atoms. The van der Waals surface area contributed by atoms with E-state index in [0.717, 1.165) is 22.4 Å². The van der Waals surface area contributed by atoms with Crippen LogP contribution >= 0.6 is 0 Å². The number of anilines is 1. The van der Waals surface area contributed by atoms with E-state index in [-0.39, 0.29) is 12.5 Å². The molecule has 2 aromatic carbocycles. The van der Waals surface area contributed by atoms with E-state index in [4.69, 9.17) is 9.47 Å². The lowest BCUT2D eigenvalue weighted by Gasteiger charge is -2.13. The van der Waals surface area contributed by atoms with Crippen LogP contribution in [0, 0.1) is 0 Å². The van der Waals surface area contributed by atoms with E-state index >= 15 is 0 Å². The van der Waals surface area contributed by atoms with Gasteiger partial charge in [0.1, 0.15) is 6.61 Å². The highest BCUT2D eigenvalue weighted by molar-refractivity contribution is 5.94. The molecule has 0 spiro atoms. The fraction of sp³-hybridized carbons (Fsp3) is 0.235. The zero-order chi connectivity index (χ0) is 14.2. The van der Waals surface area contributed by atoms with E-state index in [1.54, 1.807) is 0 Å². The molecular formula is C17H15NO3. The third-order valence-electron chi connectivity index (χ3n) is 3.96. The minimum absolute atomic E-state index is 0.103. The zero-order valence-corrected chi connectivity index (χ0v) is 11.5. The number of amides is 1. The van der Waals surface area contributed by atoms with E-state index in [9.17, 15) is 4.79 Å². The van der Waals surface area contributed by atoms with Gasteiger partial charge < -0.3 is 14.8 Å². The molecule has 4 heteroatoms. The van der Waals surface area contributed by atoms with Gasteiger partial charge in [-0.3, -0.25) is 4.79 Å². The molecule has 21 heavy (non-hydrogen) atoms. The molecule has 0 saturated heterocycles. The van der Waals surface area contributed by atoms with Crippen LogP contribution in [0.25, 0.3) is 11.1 Å². The number of ether oxygens (including phenoxy) is 2. The van der Waals surface area contributed by atoms with Crippen LogP contribution in [0.15, 0.2) is 36.4 Å². The van der Waals surface area contributed by atoms with Crippen LogP contribution in [-0.4, -0.2) is 12.5 Å². The Morgan fingerprint density at radius 3 is 2.71 bits per heavy atom. The van der Waals surface area contributed by atoms with E-state index in [2.05, 4.69) is 29.6 Å². The Labute approximate surface area is 122 Å². The SMILES string of the molecule is O=C1COCc2c(cccc2-c2ccc3c(c2)COC3)N1. The number of carbonyl (C=O) groups excluding carboxylic acids is 1. The quantitative estimate of drug-likeness (QED) is 0.874. The van der Waals surface area contributed by atoms with Crippen LogP contribution < -0.4 is 5.32 Å². The van der Waals surface area contributed by atoms with Gasteiger partial charge in [0.15, 0.2) is 0 Å². The molecule has 1 N–H and O–H groups in total. The van der Waals surface area contributed by atoms with Crippen molar-refractivity contribution in [2.75, 3.05) is 11.9 Å².